The van der Waals surface area contributed by atoms with Crippen LogP contribution in [0.25, 0.3) is 6.08 Å². The highest BCUT2D eigenvalue weighted by Gasteiger charge is 2.41. The highest BCUT2D eigenvalue weighted by atomic mass is 32.2. The summed E-state index contributed by atoms with van der Waals surface area (Å²) in [6.07, 6.45) is 4.10. The van der Waals surface area contributed by atoms with Crippen molar-refractivity contribution in [2.75, 3.05) is 0 Å². The summed E-state index contributed by atoms with van der Waals surface area (Å²) in [6, 6.07) is 10.2. The smallest absolute Gasteiger partial charge is 0.266 e. The van der Waals surface area contributed by atoms with Gasteiger partial charge in [-0.25, -0.2) is 0 Å². The Morgan fingerprint density at radius 1 is 1.29 bits per heavy atom. The fraction of sp³-hybridized carbons (Fsp3) is 0.231. The minimum Gasteiger partial charge on any atom is -0.290 e. The molecule has 0 radical (unpaired) electrons. The molecule has 0 spiro atoms. The molecule has 1 saturated carbocycles. The fourth-order valence-corrected chi connectivity index (χ4v) is 3.23. The molecule has 2 aliphatic rings. The van der Waals surface area contributed by atoms with E-state index in [1.807, 2.05) is 36.4 Å². The van der Waals surface area contributed by atoms with Gasteiger partial charge < -0.3 is 0 Å². The lowest BCUT2D eigenvalue weighted by molar-refractivity contribution is -0.122. The maximum Gasteiger partial charge on any atom is 0.266 e. The second-order valence-corrected chi connectivity index (χ2v) is 5.87. The Bertz CT molecular complexity index is 505. The van der Waals surface area contributed by atoms with E-state index in [0.29, 0.717) is 10.4 Å². The van der Waals surface area contributed by atoms with Crippen LogP contribution in [0, 0.1) is 0 Å². The average Bonchev–Trinajstić information content (AvgIpc) is 3.10. The third-order valence-electron chi connectivity index (χ3n) is 2.83. The Balaban J connectivity index is 1.88. The summed E-state index contributed by atoms with van der Waals surface area (Å²) >= 11 is 6.67. The van der Waals surface area contributed by atoms with Crippen molar-refractivity contribution in [2.45, 2.75) is 18.9 Å². The number of carbonyl (C=O) groups is 1. The molecule has 2 nitrogen and oxygen atoms in total. The Morgan fingerprint density at radius 2 is 2.00 bits per heavy atom. The molecule has 1 aromatic rings. The Labute approximate surface area is 110 Å². The molecule has 1 aliphatic carbocycles. The lowest BCUT2D eigenvalue weighted by atomic mass is 10.2. The quantitative estimate of drug-likeness (QED) is 0.603. The van der Waals surface area contributed by atoms with E-state index in [2.05, 4.69) is 0 Å². The van der Waals surface area contributed by atoms with Gasteiger partial charge in [0.15, 0.2) is 0 Å². The summed E-state index contributed by atoms with van der Waals surface area (Å²) in [7, 11) is 0. The van der Waals surface area contributed by atoms with Crippen molar-refractivity contribution < 1.29 is 4.79 Å². The first-order valence-corrected chi connectivity index (χ1v) is 6.80. The molecule has 1 aliphatic heterocycles. The van der Waals surface area contributed by atoms with Gasteiger partial charge in [0.05, 0.1) is 4.91 Å². The highest BCUT2D eigenvalue weighted by Crippen LogP contribution is 2.39. The zero-order valence-electron chi connectivity index (χ0n) is 9.13. The molecule has 0 N–H and O–H groups in total. The highest BCUT2D eigenvalue weighted by molar-refractivity contribution is 8.26. The molecular weight excluding hydrogens is 250 g/mol. The molecule has 0 bridgehead atoms. The Morgan fingerprint density at radius 3 is 2.65 bits per heavy atom. The first-order valence-electron chi connectivity index (χ1n) is 5.58. The van der Waals surface area contributed by atoms with Gasteiger partial charge in [-0.05, 0) is 24.5 Å². The van der Waals surface area contributed by atoms with Gasteiger partial charge >= 0.3 is 0 Å². The number of amides is 1. The largest absolute Gasteiger partial charge is 0.290 e. The van der Waals surface area contributed by atoms with Crippen LogP contribution in [0.5, 0.6) is 0 Å². The summed E-state index contributed by atoms with van der Waals surface area (Å²) in [5.74, 6) is 0.0753. The molecule has 1 aromatic carbocycles. The standard InChI is InChI=1S/C13H11NOS2/c15-12-11(8-9-4-2-1-3-5-9)17-13(16)14(12)10-6-7-10/h1-5,8,10H,6-7H2. The monoisotopic (exact) mass is 261 g/mol. The Hall–Kier alpha value is -1.13. The molecule has 0 unspecified atom stereocenters. The minimum absolute atomic E-state index is 0.0753. The lowest BCUT2D eigenvalue weighted by Gasteiger charge is -2.11. The third-order valence-corrected chi connectivity index (χ3v) is 4.16. The third kappa shape index (κ3) is 2.15. The van der Waals surface area contributed by atoms with Crippen LogP contribution in [0.2, 0.25) is 0 Å². The molecule has 1 amide bonds. The van der Waals surface area contributed by atoms with Gasteiger partial charge in [0, 0.05) is 6.04 Å². The van der Waals surface area contributed by atoms with Crippen molar-refractivity contribution in [2.24, 2.45) is 0 Å². The molecule has 3 rings (SSSR count). The van der Waals surface area contributed by atoms with Crippen LogP contribution in [0.4, 0.5) is 0 Å². The van der Waals surface area contributed by atoms with Crippen molar-refractivity contribution in [3.63, 3.8) is 0 Å². The number of hydrogen-bond acceptors (Lipinski definition) is 3. The normalized spacial score (nSPS) is 22.6. The zero-order chi connectivity index (χ0) is 11.8. The predicted octanol–water partition coefficient (Wildman–Crippen LogP) is 3.05. The minimum atomic E-state index is 0.0753. The van der Waals surface area contributed by atoms with Crippen molar-refractivity contribution >= 4 is 40.3 Å². The predicted molar refractivity (Wildman–Crippen MR) is 74.5 cm³/mol. The molecule has 0 atom stereocenters. The van der Waals surface area contributed by atoms with Gasteiger partial charge in [-0.2, -0.15) is 0 Å². The van der Waals surface area contributed by atoms with Gasteiger partial charge in [0.1, 0.15) is 4.32 Å². The van der Waals surface area contributed by atoms with Gasteiger partial charge in [-0.3, -0.25) is 9.69 Å². The van der Waals surface area contributed by atoms with E-state index in [-0.39, 0.29) is 5.91 Å². The first-order chi connectivity index (χ1) is 8.25. The molecule has 0 aromatic heterocycles. The molecule has 1 heterocycles. The number of thioether (sulfide) groups is 1. The number of nitrogens with zero attached hydrogens (tertiary/aromatic N) is 1. The van der Waals surface area contributed by atoms with Crippen molar-refractivity contribution in [3.8, 4) is 0 Å². The fourth-order valence-electron chi connectivity index (χ4n) is 1.83. The molecular formula is C13H11NOS2. The Kier molecular flexibility index (Phi) is 2.76. The molecule has 17 heavy (non-hydrogen) atoms. The van der Waals surface area contributed by atoms with Crippen LogP contribution in [-0.4, -0.2) is 21.2 Å². The molecule has 2 fully saturated rings. The summed E-state index contributed by atoms with van der Waals surface area (Å²) in [5.41, 5.74) is 1.05. The summed E-state index contributed by atoms with van der Waals surface area (Å²) in [5, 5.41) is 0. The van der Waals surface area contributed by atoms with E-state index < -0.39 is 0 Å². The van der Waals surface area contributed by atoms with Gasteiger partial charge in [-0.1, -0.05) is 54.3 Å². The van der Waals surface area contributed by atoms with E-state index in [1.165, 1.54) is 11.8 Å². The van der Waals surface area contributed by atoms with Crippen molar-refractivity contribution in [3.05, 3.63) is 40.8 Å². The van der Waals surface area contributed by atoms with Crippen LogP contribution in [0.15, 0.2) is 35.2 Å². The van der Waals surface area contributed by atoms with Crippen LogP contribution >= 0.6 is 24.0 Å². The maximum absolute atomic E-state index is 12.2. The van der Waals surface area contributed by atoms with Crippen molar-refractivity contribution in [1.29, 1.82) is 0 Å². The van der Waals surface area contributed by atoms with Gasteiger partial charge in [-0.15, -0.1) is 0 Å². The van der Waals surface area contributed by atoms with E-state index in [0.717, 1.165) is 23.3 Å². The number of hydrogen-bond donors (Lipinski definition) is 0. The molecule has 4 heteroatoms. The van der Waals surface area contributed by atoms with Crippen LogP contribution in [0.3, 0.4) is 0 Å². The molecule has 86 valence electrons. The van der Waals surface area contributed by atoms with Crippen LogP contribution < -0.4 is 0 Å². The average molecular weight is 261 g/mol. The molecule has 1 saturated heterocycles. The SMILES string of the molecule is O=C1C(=Cc2ccccc2)SC(=S)N1C1CC1. The number of rotatable bonds is 2. The van der Waals surface area contributed by atoms with Crippen LogP contribution in [0.1, 0.15) is 18.4 Å². The second kappa shape index (κ2) is 4.27. The summed E-state index contributed by atoms with van der Waals surface area (Å²) in [4.78, 5) is 14.7. The summed E-state index contributed by atoms with van der Waals surface area (Å²) < 4.78 is 0.708. The van der Waals surface area contributed by atoms with E-state index in [9.17, 15) is 4.79 Å². The zero-order valence-corrected chi connectivity index (χ0v) is 10.8. The van der Waals surface area contributed by atoms with E-state index >= 15 is 0 Å². The van der Waals surface area contributed by atoms with E-state index in [4.69, 9.17) is 12.2 Å². The van der Waals surface area contributed by atoms with E-state index in [1.54, 1.807) is 4.90 Å². The number of benzene rings is 1. The van der Waals surface area contributed by atoms with Gasteiger partial charge in [0.25, 0.3) is 5.91 Å². The maximum atomic E-state index is 12.2. The van der Waals surface area contributed by atoms with Gasteiger partial charge in [0.2, 0.25) is 0 Å². The number of carbonyl (C=O) groups excluding carboxylic acids is 1. The first kappa shape index (κ1) is 11.0. The van der Waals surface area contributed by atoms with Crippen LogP contribution in [-0.2, 0) is 4.79 Å². The topological polar surface area (TPSA) is 20.3 Å². The number of thiocarbonyl (C=S) groups is 1. The second-order valence-electron chi connectivity index (χ2n) is 4.19. The van der Waals surface area contributed by atoms with Crippen molar-refractivity contribution in [1.82, 2.24) is 4.90 Å². The summed E-state index contributed by atoms with van der Waals surface area (Å²) in [6.45, 7) is 0. The lowest BCUT2D eigenvalue weighted by Crippen LogP contribution is -2.29.